The van der Waals surface area contributed by atoms with E-state index in [2.05, 4.69) is 0 Å². The number of Topliss-reactive ketones (excluding diaryl/α,β-unsaturated/α-hetero) is 1. The minimum absolute atomic E-state index is 0.00609. The molecule has 0 amide bonds. The van der Waals surface area contributed by atoms with Gasteiger partial charge in [0.15, 0.2) is 5.78 Å². The van der Waals surface area contributed by atoms with Crippen molar-refractivity contribution in [1.82, 2.24) is 0 Å². The maximum atomic E-state index is 11.8. The zero-order chi connectivity index (χ0) is 12.7. The Morgan fingerprint density at radius 2 is 2.24 bits per heavy atom. The second kappa shape index (κ2) is 7.17. The minimum Gasteiger partial charge on any atom is -0.507 e. The summed E-state index contributed by atoms with van der Waals surface area (Å²) in [5.41, 5.74) is 0.309. The molecule has 0 aliphatic carbocycles. The van der Waals surface area contributed by atoms with Gasteiger partial charge >= 0.3 is 0 Å². The van der Waals surface area contributed by atoms with Crippen LogP contribution in [0.2, 0.25) is 0 Å². The lowest BCUT2D eigenvalue weighted by molar-refractivity contribution is 0.0979. The number of carbonyl (C=O) groups is 1. The third-order valence-electron chi connectivity index (χ3n) is 2.28. The fraction of sp³-hybridized carbons (Fsp3) is 0.462. The molecule has 1 aromatic carbocycles. The first-order valence-electron chi connectivity index (χ1n) is 5.74. The molecule has 0 aliphatic rings. The van der Waals surface area contributed by atoms with Crippen LogP contribution in [0.4, 0.5) is 0 Å². The summed E-state index contributed by atoms with van der Waals surface area (Å²) < 4.78 is 5.42. The lowest BCUT2D eigenvalue weighted by Crippen LogP contribution is -2.02. The van der Waals surface area contributed by atoms with Crippen molar-refractivity contribution < 1.29 is 14.6 Å². The predicted octanol–water partition coefficient (Wildman–Crippen LogP) is 3.38. The molecular formula is C13H17ClO3. The molecule has 0 radical (unpaired) electrons. The summed E-state index contributed by atoms with van der Waals surface area (Å²) in [6.07, 6.45) is 1.85. The highest BCUT2D eigenvalue weighted by atomic mass is 35.5. The van der Waals surface area contributed by atoms with Crippen molar-refractivity contribution >= 4 is 17.4 Å². The van der Waals surface area contributed by atoms with Gasteiger partial charge in [-0.3, -0.25) is 4.79 Å². The molecule has 0 fully saturated rings. The van der Waals surface area contributed by atoms with Crippen molar-refractivity contribution in [2.75, 3.05) is 12.5 Å². The number of hydrogen-bond donors (Lipinski definition) is 1. The van der Waals surface area contributed by atoms with Crippen molar-refractivity contribution in [3.8, 4) is 11.5 Å². The van der Waals surface area contributed by atoms with Crippen LogP contribution in [-0.2, 0) is 0 Å². The van der Waals surface area contributed by atoms with Gasteiger partial charge in [-0.25, -0.2) is 0 Å². The number of ketones is 1. The van der Waals surface area contributed by atoms with Gasteiger partial charge in [-0.2, -0.15) is 0 Å². The van der Waals surface area contributed by atoms with Gasteiger partial charge in [-0.1, -0.05) is 6.92 Å². The van der Waals surface area contributed by atoms with Gasteiger partial charge in [0.05, 0.1) is 12.2 Å². The highest BCUT2D eigenvalue weighted by molar-refractivity contribution is 6.18. The van der Waals surface area contributed by atoms with E-state index < -0.39 is 0 Å². The molecule has 1 N–H and O–H groups in total. The fourth-order valence-electron chi connectivity index (χ4n) is 1.41. The molecule has 4 heteroatoms. The van der Waals surface area contributed by atoms with E-state index in [4.69, 9.17) is 16.3 Å². The van der Waals surface area contributed by atoms with Crippen LogP contribution in [0.5, 0.6) is 11.5 Å². The summed E-state index contributed by atoms with van der Waals surface area (Å²) in [6, 6.07) is 4.73. The molecule has 0 spiro atoms. The Labute approximate surface area is 106 Å². The normalized spacial score (nSPS) is 10.2. The minimum atomic E-state index is -0.106. The number of halogens is 1. The van der Waals surface area contributed by atoms with E-state index in [-0.39, 0.29) is 11.5 Å². The molecule has 0 saturated heterocycles. The number of aromatic hydroxyl groups is 1. The molecule has 0 atom stereocenters. The molecule has 3 nitrogen and oxygen atoms in total. The number of phenolic OH excluding ortho intramolecular Hbond substituents is 1. The smallest absolute Gasteiger partial charge is 0.166 e. The van der Waals surface area contributed by atoms with Gasteiger partial charge in [0, 0.05) is 12.3 Å². The fourth-order valence-corrected chi connectivity index (χ4v) is 1.54. The number of hydrogen-bond acceptors (Lipinski definition) is 3. The Morgan fingerprint density at radius 1 is 1.47 bits per heavy atom. The van der Waals surface area contributed by atoms with Crippen molar-refractivity contribution in [1.29, 1.82) is 0 Å². The molecule has 1 aromatic rings. The lowest BCUT2D eigenvalue weighted by Gasteiger charge is -2.08. The summed E-state index contributed by atoms with van der Waals surface area (Å²) in [5.74, 6) is 0.941. The van der Waals surface area contributed by atoms with Gasteiger partial charge < -0.3 is 9.84 Å². The van der Waals surface area contributed by atoms with Crippen LogP contribution in [0.3, 0.4) is 0 Å². The topological polar surface area (TPSA) is 46.5 Å². The molecule has 0 unspecified atom stereocenters. The van der Waals surface area contributed by atoms with Gasteiger partial charge in [-0.05, 0) is 31.0 Å². The van der Waals surface area contributed by atoms with Crippen molar-refractivity contribution in [2.45, 2.75) is 26.2 Å². The van der Waals surface area contributed by atoms with Crippen LogP contribution in [0.25, 0.3) is 0 Å². The molecule has 1 rings (SSSR count). The monoisotopic (exact) mass is 256 g/mol. The standard InChI is InChI=1S/C13H17ClO3/c1-2-8-17-10-5-6-13(16)11(9-10)12(15)4-3-7-14/h5-6,9,16H,2-4,7-8H2,1H3. The average molecular weight is 257 g/mol. The quantitative estimate of drug-likeness (QED) is 0.601. The van der Waals surface area contributed by atoms with E-state index in [0.29, 0.717) is 36.6 Å². The van der Waals surface area contributed by atoms with E-state index in [1.165, 1.54) is 6.07 Å². The summed E-state index contributed by atoms with van der Waals surface area (Å²) in [6.45, 7) is 2.60. The zero-order valence-electron chi connectivity index (χ0n) is 9.91. The molecule has 0 heterocycles. The number of rotatable bonds is 7. The van der Waals surface area contributed by atoms with Crippen LogP contribution in [-0.4, -0.2) is 23.4 Å². The second-order valence-electron chi connectivity index (χ2n) is 3.74. The van der Waals surface area contributed by atoms with E-state index in [9.17, 15) is 9.90 Å². The maximum Gasteiger partial charge on any atom is 0.166 e. The average Bonchev–Trinajstić information content (AvgIpc) is 2.35. The summed E-state index contributed by atoms with van der Waals surface area (Å²) in [4.78, 5) is 11.8. The molecule has 94 valence electrons. The van der Waals surface area contributed by atoms with Gasteiger partial charge in [-0.15, -0.1) is 11.6 Å². The summed E-state index contributed by atoms with van der Waals surface area (Å²) in [7, 11) is 0. The SMILES string of the molecule is CCCOc1ccc(O)c(C(=O)CCCCl)c1. The Hall–Kier alpha value is -1.22. The Kier molecular flexibility index (Phi) is 5.84. The van der Waals surface area contributed by atoms with Crippen molar-refractivity contribution in [2.24, 2.45) is 0 Å². The first-order valence-corrected chi connectivity index (χ1v) is 6.27. The van der Waals surface area contributed by atoms with Crippen LogP contribution < -0.4 is 4.74 Å². The van der Waals surface area contributed by atoms with E-state index in [1.807, 2.05) is 6.92 Å². The number of benzene rings is 1. The maximum absolute atomic E-state index is 11.8. The highest BCUT2D eigenvalue weighted by Crippen LogP contribution is 2.24. The van der Waals surface area contributed by atoms with E-state index >= 15 is 0 Å². The number of ether oxygens (including phenoxy) is 1. The first kappa shape index (κ1) is 13.8. The van der Waals surface area contributed by atoms with Crippen LogP contribution in [0.1, 0.15) is 36.5 Å². The summed E-state index contributed by atoms with van der Waals surface area (Å²) in [5, 5.41) is 9.62. The molecular weight excluding hydrogens is 240 g/mol. The predicted molar refractivity (Wildman–Crippen MR) is 68.2 cm³/mol. The third-order valence-corrected chi connectivity index (χ3v) is 2.55. The van der Waals surface area contributed by atoms with Crippen LogP contribution >= 0.6 is 11.6 Å². The zero-order valence-corrected chi connectivity index (χ0v) is 10.7. The third kappa shape index (κ3) is 4.27. The largest absolute Gasteiger partial charge is 0.507 e. The number of phenols is 1. The van der Waals surface area contributed by atoms with Gasteiger partial charge in [0.2, 0.25) is 0 Å². The van der Waals surface area contributed by atoms with Crippen molar-refractivity contribution in [3.63, 3.8) is 0 Å². The molecule has 17 heavy (non-hydrogen) atoms. The Morgan fingerprint density at radius 3 is 2.88 bits per heavy atom. The number of carbonyl (C=O) groups excluding carboxylic acids is 1. The number of alkyl halides is 1. The summed E-state index contributed by atoms with van der Waals surface area (Å²) >= 11 is 5.53. The van der Waals surface area contributed by atoms with Crippen molar-refractivity contribution in [3.05, 3.63) is 23.8 Å². The Balaban J connectivity index is 2.78. The molecule has 0 aliphatic heterocycles. The van der Waals surface area contributed by atoms with Crippen LogP contribution in [0.15, 0.2) is 18.2 Å². The molecule has 0 aromatic heterocycles. The molecule has 0 bridgehead atoms. The van der Waals surface area contributed by atoms with E-state index in [1.54, 1.807) is 12.1 Å². The van der Waals surface area contributed by atoms with Gasteiger partial charge in [0.1, 0.15) is 11.5 Å². The van der Waals surface area contributed by atoms with Gasteiger partial charge in [0.25, 0.3) is 0 Å². The Bertz CT molecular complexity index is 377. The lowest BCUT2D eigenvalue weighted by atomic mass is 10.1. The second-order valence-corrected chi connectivity index (χ2v) is 4.12. The van der Waals surface area contributed by atoms with Crippen LogP contribution in [0, 0.1) is 0 Å². The first-order chi connectivity index (χ1) is 8.19. The van der Waals surface area contributed by atoms with E-state index in [0.717, 1.165) is 6.42 Å². The molecule has 0 saturated carbocycles. The highest BCUT2D eigenvalue weighted by Gasteiger charge is 2.12.